The Bertz CT molecular complexity index is 8.00. The first-order chi connectivity index (χ1) is 0. The molecule has 0 amide bonds. The van der Waals surface area contributed by atoms with Gasteiger partial charge in [0.15, 0.2) is 17.4 Å². The monoisotopic (exact) mass is 282 g/mol. The van der Waals surface area contributed by atoms with Crippen LogP contribution in [0.5, 0.6) is 0 Å². The van der Waals surface area contributed by atoms with Crippen LogP contribution in [0, 0.1) is 35.6 Å². The van der Waals surface area contributed by atoms with Crippen molar-refractivity contribution >= 4 is 17.4 Å². The molecule has 0 heterocycles. The summed E-state index contributed by atoms with van der Waals surface area (Å²) >= 11 is 0. The second-order valence-corrected chi connectivity index (χ2v) is 0. The van der Waals surface area contributed by atoms with E-state index in [-0.39, 0.29) is 86.5 Å². The molecule has 0 nitrogen and oxygen atoms in total. The molecular weight excluding hydrogens is 280 g/mol. The standard InChI is InChI=1S/Al.La.Mn.Ni.3H. The zero-order valence-corrected chi connectivity index (χ0v) is 7.07. The zero-order valence-electron chi connectivity index (χ0n) is 1.27. The summed E-state index contributed by atoms with van der Waals surface area (Å²) in [6.07, 6.45) is 0. The smallest absolute Gasteiger partial charge is 0 e. The fraction of sp³-hybridized carbons (Fsp3) is 0. The van der Waals surface area contributed by atoms with Gasteiger partial charge in [-0.3, -0.25) is 0 Å². The quantitative estimate of drug-likeness (QED) is 0.490. The number of hydrogen-bond acceptors (Lipinski definition) is 0. The van der Waals surface area contributed by atoms with Crippen LogP contribution in [0.1, 0.15) is 0 Å². The van der Waals surface area contributed by atoms with E-state index in [9.17, 15) is 0 Å². The molecule has 0 aromatic heterocycles. The van der Waals surface area contributed by atoms with E-state index in [0.717, 1.165) is 0 Å². The Kier molecular flexibility index (Phi) is 127. The summed E-state index contributed by atoms with van der Waals surface area (Å²) in [6.45, 7) is 0. The van der Waals surface area contributed by atoms with Crippen LogP contribution in [0.4, 0.5) is 0 Å². The van der Waals surface area contributed by atoms with E-state index >= 15 is 0 Å². The van der Waals surface area contributed by atoms with Gasteiger partial charge in [-0.1, -0.05) is 0 Å². The van der Waals surface area contributed by atoms with Crippen molar-refractivity contribution in [1.29, 1.82) is 0 Å². The zero-order chi connectivity index (χ0) is 0. The van der Waals surface area contributed by atoms with Crippen LogP contribution in [0.25, 0.3) is 0 Å². The van der Waals surface area contributed by atoms with Crippen LogP contribution in [0.15, 0.2) is 0 Å². The molecule has 0 aromatic carbocycles. The van der Waals surface area contributed by atoms with E-state index in [4.69, 9.17) is 0 Å². The molecule has 4 heavy (non-hydrogen) atoms. The van der Waals surface area contributed by atoms with Gasteiger partial charge >= 0.3 is 0 Å². The van der Waals surface area contributed by atoms with Gasteiger partial charge < -0.3 is 0 Å². The van der Waals surface area contributed by atoms with Gasteiger partial charge in [0.2, 0.25) is 0 Å². The van der Waals surface area contributed by atoms with E-state index in [1.165, 1.54) is 0 Å². The Morgan fingerprint density at radius 1 is 1.00 bits per heavy atom. The molecule has 4 heteroatoms. The SMILES string of the molecule is [AlH3].[La].[Mn].[Ni]. The normalized spacial score (nSPS) is 0. The molecule has 0 unspecified atom stereocenters. The second kappa shape index (κ2) is 17.2. The predicted octanol–water partition coefficient (Wildman–Crippen LogP) is -1.19. The molecule has 0 aliphatic carbocycles. The van der Waals surface area contributed by atoms with Crippen molar-refractivity contribution in [3.8, 4) is 0 Å². The molecule has 0 atom stereocenters. The molecule has 0 saturated carbocycles. The molecule has 2 radical (unpaired) electrons. The minimum absolute atomic E-state index is 0. The minimum atomic E-state index is 0. The van der Waals surface area contributed by atoms with E-state index in [2.05, 4.69) is 0 Å². The molecule has 0 aliphatic heterocycles. The average molecular weight is 283 g/mol. The third-order valence-corrected chi connectivity index (χ3v) is 0. The molecule has 0 saturated heterocycles. The van der Waals surface area contributed by atoms with Gasteiger partial charge in [-0.2, -0.15) is 0 Å². The van der Waals surface area contributed by atoms with Gasteiger partial charge in [0.1, 0.15) is 0 Å². The van der Waals surface area contributed by atoms with Crippen molar-refractivity contribution in [2.75, 3.05) is 0 Å². The molecule has 0 spiro atoms. The van der Waals surface area contributed by atoms with Crippen LogP contribution in [-0.4, -0.2) is 17.4 Å². The molecule has 0 fully saturated rings. The molecular formula is H3AlLaMnNi. The number of rotatable bonds is 0. The summed E-state index contributed by atoms with van der Waals surface area (Å²) < 4.78 is 0. The summed E-state index contributed by atoms with van der Waals surface area (Å²) in [6, 6.07) is 0. The van der Waals surface area contributed by atoms with Gasteiger partial charge in [-0.05, 0) is 0 Å². The van der Waals surface area contributed by atoms with E-state index in [1.807, 2.05) is 0 Å². The first kappa shape index (κ1) is 29.6. The Morgan fingerprint density at radius 2 is 1.00 bits per heavy atom. The van der Waals surface area contributed by atoms with Crippen LogP contribution in [-0.2, 0) is 33.6 Å². The predicted molar refractivity (Wildman–Crippen MR) is 9.94 cm³/mol. The Labute approximate surface area is 85.0 Å². The first-order valence-corrected chi connectivity index (χ1v) is 0. The molecule has 0 bridgehead atoms. The van der Waals surface area contributed by atoms with Gasteiger partial charge in [-0.25, -0.2) is 0 Å². The fourth-order valence-electron chi connectivity index (χ4n) is 0. The summed E-state index contributed by atoms with van der Waals surface area (Å²) in [5.41, 5.74) is 0. The first-order valence-electron chi connectivity index (χ1n) is 0. The van der Waals surface area contributed by atoms with Crippen molar-refractivity contribution < 1.29 is 69.2 Å². The second-order valence-electron chi connectivity index (χ2n) is 0. The summed E-state index contributed by atoms with van der Waals surface area (Å²) in [7, 11) is 0. The summed E-state index contributed by atoms with van der Waals surface area (Å²) in [4.78, 5) is 0. The van der Waals surface area contributed by atoms with Gasteiger partial charge in [-0.15, -0.1) is 0 Å². The average Bonchev–Trinajstić information content (AvgIpc) is 0. The van der Waals surface area contributed by atoms with Crippen LogP contribution in [0.2, 0.25) is 0 Å². The van der Waals surface area contributed by atoms with Crippen LogP contribution in [0.3, 0.4) is 0 Å². The molecule has 0 N–H and O–H groups in total. The van der Waals surface area contributed by atoms with Gasteiger partial charge in [0.05, 0.1) is 0 Å². The summed E-state index contributed by atoms with van der Waals surface area (Å²) in [5.74, 6) is 0. The molecule has 0 aromatic rings. The minimum Gasteiger partial charge on any atom is 0 e. The Hall–Kier alpha value is 2.74. The third kappa shape index (κ3) is 8.83. The largest absolute Gasteiger partial charge is 0.187 e. The maximum Gasteiger partial charge on any atom is 0.187 e. The third-order valence-electron chi connectivity index (χ3n) is 0. The van der Waals surface area contributed by atoms with Crippen molar-refractivity contribution in [2.45, 2.75) is 0 Å². The van der Waals surface area contributed by atoms with E-state index in [1.54, 1.807) is 0 Å². The molecule has 0 aliphatic rings. The summed E-state index contributed by atoms with van der Waals surface area (Å²) in [5, 5.41) is 0. The van der Waals surface area contributed by atoms with Gasteiger partial charge in [0, 0.05) is 69.2 Å². The van der Waals surface area contributed by atoms with Crippen LogP contribution < -0.4 is 0 Å². The van der Waals surface area contributed by atoms with Crippen molar-refractivity contribution in [2.24, 2.45) is 0 Å². The van der Waals surface area contributed by atoms with Crippen LogP contribution >= 0.6 is 0 Å². The maximum absolute atomic E-state index is 0. The Morgan fingerprint density at radius 3 is 1.00 bits per heavy atom. The van der Waals surface area contributed by atoms with Gasteiger partial charge in [0.25, 0.3) is 0 Å². The van der Waals surface area contributed by atoms with Crippen molar-refractivity contribution in [3.63, 3.8) is 0 Å². The molecule has 0 rings (SSSR count). The van der Waals surface area contributed by atoms with E-state index < -0.39 is 0 Å². The maximum atomic E-state index is 0. The van der Waals surface area contributed by atoms with Crippen molar-refractivity contribution in [3.05, 3.63) is 0 Å². The van der Waals surface area contributed by atoms with Crippen molar-refractivity contribution in [1.82, 2.24) is 0 Å². The van der Waals surface area contributed by atoms with E-state index in [0.29, 0.717) is 0 Å². The molecule has 26 valence electrons. The Balaban J connectivity index is 0. The fourth-order valence-corrected chi connectivity index (χ4v) is 0. The number of hydrogen-bond donors (Lipinski definition) is 0. The topological polar surface area (TPSA) is 0 Å².